The summed E-state index contributed by atoms with van der Waals surface area (Å²) in [6, 6.07) is 0.364. The summed E-state index contributed by atoms with van der Waals surface area (Å²) in [4.78, 5) is 40.8. The third kappa shape index (κ3) is 3.84. The van der Waals surface area contributed by atoms with Crippen molar-refractivity contribution < 1.29 is 9.59 Å². The van der Waals surface area contributed by atoms with Gasteiger partial charge in [-0.25, -0.2) is 4.98 Å². The average Bonchev–Trinajstić information content (AvgIpc) is 3.24. The molecule has 1 aromatic rings. The normalized spacial score (nSPS) is 24.1. The number of carbonyl (C=O) groups is 2. The number of aromatic nitrogens is 2. The lowest BCUT2D eigenvalue weighted by molar-refractivity contribution is -0.145. The molecule has 7 nitrogen and oxygen atoms in total. The monoisotopic (exact) mass is 385 g/mol. The van der Waals surface area contributed by atoms with Gasteiger partial charge < -0.3 is 14.7 Å². The molecule has 1 saturated carbocycles. The van der Waals surface area contributed by atoms with Gasteiger partial charge in [0.25, 0.3) is 0 Å². The summed E-state index contributed by atoms with van der Waals surface area (Å²) in [6.07, 6.45) is 7.62. The Morgan fingerprint density at radius 1 is 1.07 bits per heavy atom. The average molecular weight is 386 g/mol. The van der Waals surface area contributed by atoms with Crippen LogP contribution < -0.4 is 4.90 Å². The zero-order chi connectivity index (χ0) is 19.7. The lowest BCUT2D eigenvalue weighted by Crippen LogP contribution is -2.54. The van der Waals surface area contributed by atoms with Gasteiger partial charge in [0, 0.05) is 51.4 Å². The maximum Gasteiger partial charge on any atom is 0.227 e. The van der Waals surface area contributed by atoms with Gasteiger partial charge in [0.1, 0.15) is 5.82 Å². The molecule has 4 rings (SSSR count). The maximum absolute atomic E-state index is 13.1. The summed E-state index contributed by atoms with van der Waals surface area (Å²) in [5, 5.41) is 0. The summed E-state index contributed by atoms with van der Waals surface area (Å²) < 4.78 is 0. The summed E-state index contributed by atoms with van der Waals surface area (Å²) in [7, 11) is 0. The molecule has 0 N–H and O–H groups in total. The van der Waals surface area contributed by atoms with E-state index < -0.39 is 0 Å². The molecule has 7 heteroatoms. The second-order valence-corrected chi connectivity index (χ2v) is 8.45. The van der Waals surface area contributed by atoms with E-state index in [1.807, 2.05) is 23.6 Å². The smallest absolute Gasteiger partial charge is 0.227 e. The third-order valence-electron chi connectivity index (χ3n) is 6.50. The summed E-state index contributed by atoms with van der Waals surface area (Å²) in [6.45, 7) is 7.53. The Morgan fingerprint density at radius 2 is 1.79 bits per heavy atom. The van der Waals surface area contributed by atoms with Crippen molar-refractivity contribution in [3.8, 4) is 0 Å². The number of rotatable bonds is 3. The van der Waals surface area contributed by atoms with E-state index in [1.54, 1.807) is 6.20 Å². The third-order valence-corrected chi connectivity index (χ3v) is 6.50. The van der Waals surface area contributed by atoms with Crippen LogP contribution in [0.2, 0.25) is 0 Å². The highest BCUT2D eigenvalue weighted by Gasteiger charge is 2.37. The lowest BCUT2D eigenvalue weighted by atomic mass is 9.94. The van der Waals surface area contributed by atoms with Crippen molar-refractivity contribution in [2.24, 2.45) is 5.92 Å². The molecule has 0 spiro atoms. The minimum Gasteiger partial charge on any atom is -0.352 e. The van der Waals surface area contributed by atoms with Crippen molar-refractivity contribution in [3.63, 3.8) is 0 Å². The highest BCUT2D eigenvalue weighted by Crippen LogP contribution is 2.29. The number of likely N-dealkylation sites (tertiary alicyclic amines) is 1. The molecule has 2 saturated heterocycles. The van der Waals surface area contributed by atoms with E-state index in [-0.39, 0.29) is 17.7 Å². The number of anilines is 1. The molecular formula is C21H31N5O2. The molecule has 3 heterocycles. The van der Waals surface area contributed by atoms with E-state index in [2.05, 4.69) is 14.9 Å². The predicted molar refractivity (Wildman–Crippen MR) is 107 cm³/mol. The molecule has 1 atom stereocenters. The molecule has 1 aliphatic carbocycles. The minimum absolute atomic E-state index is 0.0367. The highest BCUT2D eigenvalue weighted by atomic mass is 16.2. The Labute approximate surface area is 167 Å². The van der Waals surface area contributed by atoms with Gasteiger partial charge in [-0.15, -0.1) is 0 Å². The van der Waals surface area contributed by atoms with Crippen LogP contribution in [0.15, 0.2) is 6.20 Å². The highest BCUT2D eigenvalue weighted by molar-refractivity contribution is 5.84. The van der Waals surface area contributed by atoms with Crippen LogP contribution >= 0.6 is 0 Å². The topological polar surface area (TPSA) is 69.6 Å². The van der Waals surface area contributed by atoms with Crippen LogP contribution in [-0.2, 0) is 9.59 Å². The number of piperidine rings is 1. The van der Waals surface area contributed by atoms with Crippen LogP contribution in [0.3, 0.4) is 0 Å². The van der Waals surface area contributed by atoms with Crippen LogP contribution in [-0.4, -0.2) is 70.3 Å². The summed E-state index contributed by atoms with van der Waals surface area (Å²) >= 11 is 0. The Balaban J connectivity index is 1.36. The molecule has 0 unspecified atom stereocenters. The van der Waals surface area contributed by atoms with Gasteiger partial charge in [0.15, 0.2) is 0 Å². The van der Waals surface area contributed by atoms with Crippen molar-refractivity contribution in [1.82, 2.24) is 19.8 Å². The van der Waals surface area contributed by atoms with Crippen LogP contribution in [0, 0.1) is 19.8 Å². The molecule has 0 radical (unpaired) electrons. The minimum atomic E-state index is -0.0367. The molecule has 28 heavy (non-hydrogen) atoms. The fraction of sp³-hybridized carbons (Fsp3) is 0.714. The molecule has 152 valence electrons. The van der Waals surface area contributed by atoms with Crippen LogP contribution in [0.25, 0.3) is 0 Å². The largest absolute Gasteiger partial charge is 0.352 e. The first kappa shape index (κ1) is 19.2. The Bertz CT molecular complexity index is 738. The molecule has 3 aliphatic rings. The summed E-state index contributed by atoms with van der Waals surface area (Å²) in [5.74, 6) is 1.37. The van der Waals surface area contributed by atoms with E-state index in [0.29, 0.717) is 38.5 Å². The quantitative estimate of drug-likeness (QED) is 0.795. The first-order valence-corrected chi connectivity index (χ1v) is 10.7. The van der Waals surface area contributed by atoms with Crippen molar-refractivity contribution in [2.75, 3.05) is 37.6 Å². The number of nitrogens with zero attached hydrogens (tertiary/aromatic N) is 5. The van der Waals surface area contributed by atoms with Crippen LogP contribution in [0.5, 0.6) is 0 Å². The standard InChI is InChI=1S/C21H31N5O2/c1-15-13-22-16(2)20(23-15)24-9-11-25(12-10-24)21(28)17-7-8-19(27)26(14-17)18-5-3-4-6-18/h13,17-18H,3-12,14H2,1-2H3/t17-/m1/s1. The molecule has 3 fully saturated rings. The van der Waals surface area contributed by atoms with Gasteiger partial charge in [-0.2, -0.15) is 0 Å². The first-order chi connectivity index (χ1) is 13.5. The number of hydrogen-bond donors (Lipinski definition) is 0. The predicted octanol–water partition coefficient (Wildman–Crippen LogP) is 1.92. The van der Waals surface area contributed by atoms with Crippen LogP contribution in [0.4, 0.5) is 5.82 Å². The van der Waals surface area contributed by atoms with Crippen LogP contribution in [0.1, 0.15) is 49.9 Å². The molecule has 2 amide bonds. The second-order valence-electron chi connectivity index (χ2n) is 8.45. The zero-order valence-corrected chi connectivity index (χ0v) is 17.1. The Kier molecular flexibility index (Phi) is 5.51. The zero-order valence-electron chi connectivity index (χ0n) is 17.1. The van der Waals surface area contributed by atoms with E-state index in [9.17, 15) is 9.59 Å². The van der Waals surface area contributed by atoms with Crippen molar-refractivity contribution in [1.29, 1.82) is 0 Å². The number of carbonyl (C=O) groups excluding carboxylic acids is 2. The van der Waals surface area contributed by atoms with E-state index >= 15 is 0 Å². The van der Waals surface area contributed by atoms with E-state index in [4.69, 9.17) is 0 Å². The van der Waals surface area contributed by atoms with Gasteiger partial charge in [-0.3, -0.25) is 14.6 Å². The molecule has 2 aliphatic heterocycles. The number of aryl methyl sites for hydroxylation is 2. The number of piperazine rings is 1. The van der Waals surface area contributed by atoms with Gasteiger partial charge in [0.05, 0.1) is 17.3 Å². The van der Waals surface area contributed by atoms with Gasteiger partial charge >= 0.3 is 0 Å². The van der Waals surface area contributed by atoms with Gasteiger partial charge in [-0.05, 0) is 33.1 Å². The van der Waals surface area contributed by atoms with Crippen molar-refractivity contribution >= 4 is 17.6 Å². The second kappa shape index (κ2) is 8.05. The lowest BCUT2D eigenvalue weighted by Gasteiger charge is -2.40. The fourth-order valence-electron chi connectivity index (χ4n) is 4.86. The Hall–Kier alpha value is -2.18. The number of amides is 2. The van der Waals surface area contributed by atoms with Gasteiger partial charge in [0.2, 0.25) is 11.8 Å². The Morgan fingerprint density at radius 3 is 2.50 bits per heavy atom. The van der Waals surface area contributed by atoms with Crippen molar-refractivity contribution in [3.05, 3.63) is 17.6 Å². The van der Waals surface area contributed by atoms with Gasteiger partial charge in [-0.1, -0.05) is 12.8 Å². The van der Waals surface area contributed by atoms with E-state index in [1.165, 1.54) is 12.8 Å². The molecular weight excluding hydrogens is 354 g/mol. The molecule has 0 bridgehead atoms. The first-order valence-electron chi connectivity index (χ1n) is 10.7. The van der Waals surface area contributed by atoms with E-state index in [0.717, 1.165) is 43.1 Å². The van der Waals surface area contributed by atoms with Crippen molar-refractivity contribution in [2.45, 2.75) is 58.4 Å². The fourth-order valence-corrected chi connectivity index (χ4v) is 4.86. The maximum atomic E-state index is 13.1. The molecule has 1 aromatic heterocycles. The number of hydrogen-bond acceptors (Lipinski definition) is 5. The summed E-state index contributed by atoms with van der Waals surface area (Å²) in [5.41, 5.74) is 1.85. The SMILES string of the molecule is Cc1cnc(C)c(N2CCN(C(=O)[C@@H]3CCC(=O)N(C4CCCC4)C3)CC2)n1. The molecule has 0 aromatic carbocycles.